The van der Waals surface area contributed by atoms with E-state index in [4.69, 9.17) is 0 Å². The quantitative estimate of drug-likeness (QED) is 0.741. The minimum atomic E-state index is -4.76. The number of hydrogen-bond acceptors (Lipinski definition) is 4. The molecule has 0 unspecified atom stereocenters. The first kappa shape index (κ1) is 18.3. The highest BCUT2D eigenvalue weighted by molar-refractivity contribution is 9.11. The summed E-state index contributed by atoms with van der Waals surface area (Å²) in [6.07, 6.45) is -4.87. The van der Waals surface area contributed by atoms with Crippen molar-refractivity contribution in [3.05, 3.63) is 50.6 Å². The number of halogens is 4. The smallest absolute Gasteiger partial charge is 0.406 e. The van der Waals surface area contributed by atoms with Crippen molar-refractivity contribution >= 4 is 39.1 Å². The van der Waals surface area contributed by atoms with Crippen LogP contribution in [0.1, 0.15) is 15.2 Å². The SMILES string of the molecule is O=C(Cc1ccc(OC(F)(F)F)cc1)NNC(=O)c1ccc(Br)s1. The fourth-order valence-corrected chi connectivity index (χ4v) is 2.94. The van der Waals surface area contributed by atoms with Crippen molar-refractivity contribution in [2.45, 2.75) is 12.8 Å². The van der Waals surface area contributed by atoms with E-state index in [-0.39, 0.29) is 12.2 Å². The summed E-state index contributed by atoms with van der Waals surface area (Å²) in [5, 5.41) is 0. The summed E-state index contributed by atoms with van der Waals surface area (Å²) in [5.41, 5.74) is 4.95. The van der Waals surface area contributed by atoms with Gasteiger partial charge in [0.2, 0.25) is 5.91 Å². The van der Waals surface area contributed by atoms with E-state index in [9.17, 15) is 22.8 Å². The third kappa shape index (κ3) is 5.85. The number of benzene rings is 1. The Morgan fingerprint density at radius 1 is 1.08 bits per heavy atom. The van der Waals surface area contributed by atoms with Gasteiger partial charge in [-0.2, -0.15) is 0 Å². The Bertz CT molecular complexity index is 732. The summed E-state index contributed by atoms with van der Waals surface area (Å²) < 4.78 is 40.6. The average molecular weight is 423 g/mol. The van der Waals surface area contributed by atoms with Gasteiger partial charge < -0.3 is 4.74 Å². The van der Waals surface area contributed by atoms with Gasteiger partial charge >= 0.3 is 6.36 Å². The topological polar surface area (TPSA) is 67.4 Å². The first-order valence-corrected chi connectivity index (χ1v) is 8.03. The van der Waals surface area contributed by atoms with Crippen molar-refractivity contribution in [3.8, 4) is 5.75 Å². The molecule has 1 aromatic carbocycles. The number of carbonyl (C=O) groups excluding carboxylic acids is 2. The number of rotatable bonds is 4. The maximum atomic E-state index is 12.0. The number of carbonyl (C=O) groups is 2. The van der Waals surface area contributed by atoms with E-state index < -0.39 is 18.2 Å². The number of ether oxygens (including phenoxy) is 1. The molecule has 5 nitrogen and oxygen atoms in total. The lowest BCUT2D eigenvalue weighted by Crippen LogP contribution is -2.42. The van der Waals surface area contributed by atoms with E-state index in [1.54, 1.807) is 12.1 Å². The first-order valence-electron chi connectivity index (χ1n) is 6.42. The van der Waals surface area contributed by atoms with Crippen LogP contribution in [-0.2, 0) is 11.2 Å². The van der Waals surface area contributed by atoms with Gasteiger partial charge in [-0.1, -0.05) is 12.1 Å². The lowest BCUT2D eigenvalue weighted by atomic mass is 10.1. The average Bonchev–Trinajstić information content (AvgIpc) is 2.92. The molecule has 0 fully saturated rings. The van der Waals surface area contributed by atoms with Crippen molar-refractivity contribution in [2.75, 3.05) is 0 Å². The number of hydrogen-bond donors (Lipinski definition) is 2. The van der Waals surface area contributed by atoms with Gasteiger partial charge in [-0.3, -0.25) is 20.4 Å². The molecule has 0 aliphatic rings. The van der Waals surface area contributed by atoms with E-state index in [2.05, 4.69) is 31.5 Å². The maximum absolute atomic E-state index is 12.0. The minimum absolute atomic E-state index is 0.110. The maximum Gasteiger partial charge on any atom is 0.573 e. The second kappa shape index (κ2) is 7.67. The molecule has 0 spiro atoms. The van der Waals surface area contributed by atoms with Gasteiger partial charge in [-0.05, 0) is 45.8 Å². The molecule has 0 saturated heterocycles. The van der Waals surface area contributed by atoms with Gasteiger partial charge in [-0.25, -0.2) is 0 Å². The van der Waals surface area contributed by atoms with Crippen LogP contribution in [0.3, 0.4) is 0 Å². The van der Waals surface area contributed by atoms with Crippen LogP contribution in [0.5, 0.6) is 5.75 Å². The molecule has 0 aliphatic heterocycles. The van der Waals surface area contributed by atoms with Gasteiger partial charge in [0.15, 0.2) is 0 Å². The summed E-state index contributed by atoms with van der Waals surface area (Å²) in [6, 6.07) is 8.18. The van der Waals surface area contributed by atoms with E-state index in [0.29, 0.717) is 10.4 Å². The number of thiophene rings is 1. The highest BCUT2D eigenvalue weighted by Crippen LogP contribution is 2.23. The largest absolute Gasteiger partial charge is 0.573 e. The molecule has 2 aromatic rings. The summed E-state index contributed by atoms with van der Waals surface area (Å²) in [4.78, 5) is 23.9. The van der Waals surface area contributed by atoms with Gasteiger partial charge in [0.1, 0.15) is 5.75 Å². The molecule has 1 heterocycles. The molecular weight excluding hydrogens is 413 g/mol. The molecule has 2 N–H and O–H groups in total. The highest BCUT2D eigenvalue weighted by Gasteiger charge is 2.30. The first-order chi connectivity index (χ1) is 11.2. The molecule has 10 heteroatoms. The third-order valence-corrected chi connectivity index (χ3v) is 4.26. The zero-order chi connectivity index (χ0) is 17.7. The summed E-state index contributed by atoms with van der Waals surface area (Å²) in [5.74, 6) is -1.35. The summed E-state index contributed by atoms with van der Waals surface area (Å²) >= 11 is 4.42. The van der Waals surface area contributed by atoms with Gasteiger partial charge in [0, 0.05) is 0 Å². The monoisotopic (exact) mass is 422 g/mol. The Morgan fingerprint density at radius 3 is 2.29 bits per heavy atom. The van der Waals surface area contributed by atoms with Crippen molar-refractivity contribution in [3.63, 3.8) is 0 Å². The van der Waals surface area contributed by atoms with Crippen LogP contribution >= 0.6 is 27.3 Å². The number of nitrogens with one attached hydrogen (secondary N) is 2. The number of hydrazine groups is 1. The highest BCUT2D eigenvalue weighted by atomic mass is 79.9. The Morgan fingerprint density at radius 2 is 1.75 bits per heavy atom. The van der Waals surface area contributed by atoms with Crippen molar-refractivity contribution < 1.29 is 27.5 Å². The Labute approximate surface area is 146 Å². The standard InChI is InChI=1S/C14H10BrF3N2O3S/c15-11-6-5-10(24-11)13(22)20-19-12(21)7-8-1-3-9(4-2-8)23-14(16,17)18/h1-6H,7H2,(H,19,21)(H,20,22). The van der Waals surface area contributed by atoms with Crippen molar-refractivity contribution in [1.29, 1.82) is 0 Å². The van der Waals surface area contributed by atoms with E-state index in [1.807, 2.05) is 0 Å². The molecule has 0 radical (unpaired) electrons. The van der Waals surface area contributed by atoms with Crippen LogP contribution in [0, 0.1) is 0 Å². The number of amides is 2. The lowest BCUT2D eigenvalue weighted by molar-refractivity contribution is -0.274. The Balaban J connectivity index is 1.83. The third-order valence-electron chi connectivity index (χ3n) is 2.63. The molecule has 2 amide bonds. The van der Waals surface area contributed by atoms with Gasteiger partial charge in [-0.15, -0.1) is 24.5 Å². The second-order valence-corrected chi connectivity index (χ2v) is 6.94. The molecule has 0 saturated carbocycles. The van der Waals surface area contributed by atoms with Crippen molar-refractivity contribution in [1.82, 2.24) is 10.9 Å². The molecule has 2 rings (SSSR count). The molecule has 0 bridgehead atoms. The predicted molar refractivity (Wildman–Crippen MR) is 84.5 cm³/mol. The predicted octanol–water partition coefficient (Wildman–Crippen LogP) is 3.41. The minimum Gasteiger partial charge on any atom is -0.406 e. The summed E-state index contributed by atoms with van der Waals surface area (Å²) in [7, 11) is 0. The molecular formula is C14H10BrF3N2O3S. The molecule has 0 atom stereocenters. The Hall–Kier alpha value is -2.07. The van der Waals surface area contributed by atoms with Gasteiger partial charge in [0.25, 0.3) is 5.91 Å². The van der Waals surface area contributed by atoms with Crippen LogP contribution in [0.25, 0.3) is 0 Å². The van der Waals surface area contributed by atoms with Gasteiger partial charge in [0.05, 0.1) is 15.1 Å². The van der Waals surface area contributed by atoms with Crippen LogP contribution in [0.15, 0.2) is 40.2 Å². The zero-order valence-corrected chi connectivity index (χ0v) is 14.2. The molecule has 24 heavy (non-hydrogen) atoms. The molecule has 1 aromatic heterocycles. The zero-order valence-electron chi connectivity index (χ0n) is 11.8. The molecule has 128 valence electrons. The van der Waals surface area contributed by atoms with E-state index in [0.717, 1.165) is 15.9 Å². The van der Waals surface area contributed by atoms with Crippen LogP contribution in [0.4, 0.5) is 13.2 Å². The van der Waals surface area contributed by atoms with Crippen LogP contribution < -0.4 is 15.6 Å². The number of alkyl halides is 3. The fourth-order valence-electron chi connectivity index (χ4n) is 1.66. The Kier molecular flexibility index (Phi) is 5.84. The van der Waals surface area contributed by atoms with E-state index in [1.165, 1.54) is 23.5 Å². The normalized spacial score (nSPS) is 11.0. The van der Waals surface area contributed by atoms with Crippen LogP contribution in [0.2, 0.25) is 0 Å². The van der Waals surface area contributed by atoms with Crippen LogP contribution in [-0.4, -0.2) is 18.2 Å². The lowest BCUT2D eigenvalue weighted by Gasteiger charge is -2.09. The summed E-state index contributed by atoms with van der Waals surface area (Å²) in [6.45, 7) is 0. The van der Waals surface area contributed by atoms with Crippen molar-refractivity contribution in [2.24, 2.45) is 0 Å². The molecule has 0 aliphatic carbocycles. The van der Waals surface area contributed by atoms with E-state index >= 15 is 0 Å². The fraction of sp³-hybridized carbons (Fsp3) is 0.143. The second-order valence-electron chi connectivity index (χ2n) is 4.47.